The van der Waals surface area contributed by atoms with Crippen molar-refractivity contribution in [2.24, 2.45) is 0 Å². The molecule has 168 valence electrons. The molecule has 2 heterocycles. The van der Waals surface area contributed by atoms with Crippen LogP contribution >= 0.6 is 11.6 Å². The molecule has 0 aliphatic rings. The standard InChI is InChI=1S/C23H21ClN6O2S/c1-15-11-12-25-21(13-15)29-23-14-22(26-16(2)27-23)28-18-5-7-19(8-6-18)30-33(31,32)20-9-3-17(24)4-10-20/h3-14,30H,1-2H3,(H2,25,26,27,28,29). The third-order valence-electron chi connectivity index (χ3n) is 4.54. The molecule has 10 heteroatoms. The number of nitrogens with zero attached hydrogens (tertiary/aromatic N) is 3. The van der Waals surface area contributed by atoms with Crippen LogP contribution in [0.2, 0.25) is 5.02 Å². The van der Waals surface area contributed by atoms with E-state index < -0.39 is 10.0 Å². The molecule has 0 fully saturated rings. The summed E-state index contributed by atoms with van der Waals surface area (Å²) in [7, 11) is -3.71. The van der Waals surface area contributed by atoms with E-state index in [1.165, 1.54) is 24.3 Å². The van der Waals surface area contributed by atoms with Crippen molar-refractivity contribution in [2.45, 2.75) is 18.7 Å². The highest BCUT2D eigenvalue weighted by atomic mass is 35.5. The lowest BCUT2D eigenvalue weighted by molar-refractivity contribution is 0.601. The molecule has 0 unspecified atom stereocenters. The second-order valence-corrected chi connectivity index (χ2v) is 9.41. The van der Waals surface area contributed by atoms with Crippen molar-refractivity contribution >= 4 is 50.5 Å². The maximum absolute atomic E-state index is 12.5. The van der Waals surface area contributed by atoms with Gasteiger partial charge in [-0.1, -0.05) is 11.6 Å². The number of nitrogens with one attached hydrogen (secondary N) is 3. The third-order valence-corrected chi connectivity index (χ3v) is 6.19. The zero-order valence-corrected chi connectivity index (χ0v) is 19.4. The van der Waals surface area contributed by atoms with Gasteiger partial charge in [0.05, 0.1) is 4.90 Å². The Bertz CT molecular complexity index is 1380. The van der Waals surface area contributed by atoms with E-state index in [2.05, 4.69) is 30.3 Å². The highest BCUT2D eigenvalue weighted by molar-refractivity contribution is 7.92. The van der Waals surface area contributed by atoms with Crippen LogP contribution in [-0.4, -0.2) is 23.4 Å². The largest absolute Gasteiger partial charge is 0.340 e. The van der Waals surface area contributed by atoms with Crippen LogP contribution in [0.4, 0.5) is 28.8 Å². The van der Waals surface area contributed by atoms with Gasteiger partial charge < -0.3 is 10.6 Å². The van der Waals surface area contributed by atoms with Crippen molar-refractivity contribution in [1.82, 2.24) is 15.0 Å². The Morgan fingerprint density at radius 2 is 1.39 bits per heavy atom. The second-order valence-electron chi connectivity index (χ2n) is 7.29. The number of benzene rings is 2. The number of pyridine rings is 1. The summed E-state index contributed by atoms with van der Waals surface area (Å²) in [6.45, 7) is 3.79. The van der Waals surface area contributed by atoms with Gasteiger partial charge in [-0.3, -0.25) is 4.72 Å². The Balaban J connectivity index is 1.46. The van der Waals surface area contributed by atoms with E-state index in [4.69, 9.17) is 11.6 Å². The van der Waals surface area contributed by atoms with E-state index in [1.54, 1.807) is 43.5 Å². The van der Waals surface area contributed by atoms with Crippen LogP contribution in [0.25, 0.3) is 0 Å². The molecule has 0 amide bonds. The lowest BCUT2D eigenvalue weighted by Crippen LogP contribution is -2.12. The fraction of sp³-hybridized carbons (Fsp3) is 0.0870. The lowest BCUT2D eigenvalue weighted by Gasteiger charge is -2.11. The van der Waals surface area contributed by atoms with Crippen LogP contribution in [0.15, 0.2) is 77.8 Å². The van der Waals surface area contributed by atoms with Crippen molar-refractivity contribution in [1.29, 1.82) is 0 Å². The van der Waals surface area contributed by atoms with Crippen LogP contribution in [0.1, 0.15) is 11.4 Å². The predicted molar refractivity (Wildman–Crippen MR) is 131 cm³/mol. The molecule has 0 aliphatic carbocycles. The molecule has 4 aromatic rings. The monoisotopic (exact) mass is 480 g/mol. The topological polar surface area (TPSA) is 109 Å². The smallest absolute Gasteiger partial charge is 0.261 e. The molecule has 0 radical (unpaired) electrons. The molecule has 8 nitrogen and oxygen atoms in total. The summed E-state index contributed by atoms with van der Waals surface area (Å²) in [6.07, 6.45) is 1.73. The van der Waals surface area contributed by atoms with Crippen molar-refractivity contribution < 1.29 is 8.42 Å². The Kier molecular flexibility index (Phi) is 6.43. The number of hydrogen-bond acceptors (Lipinski definition) is 7. The Hall–Kier alpha value is -3.69. The number of hydrogen-bond donors (Lipinski definition) is 3. The van der Waals surface area contributed by atoms with E-state index in [0.29, 0.717) is 34.0 Å². The highest BCUT2D eigenvalue weighted by Crippen LogP contribution is 2.23. The van der Waals surface area contributed by atoms with Crippen molar-refractivity contribution in [3.05, 3.63) is 89.3 Å². The molecule has 0 bridgehead atoms. The average Bonchev–Trinajstić information content (AvgIpc) is 2.75. The van der Waals surface area contributed by atoms with Crippen LogP contribution in [0.5, 0.6) is 0 Å². The molecule has 3 N–H and O–H groups in total. The van der Waals surface area contributed by atoms with E-state index in [1.807, 2.05) is 19.1 Å². The number of halogens is 1. The van der Waals surface area contributed by atoms with Crippen LogP contribution in [0.3, 0.4) is 0 Å². The van der Waals surface area contributed by atoms with Gasteiger partial charge in [0.15, 0.2) is 0 Å². The average molecular weight is 481 g/mol. The summed E-state index contributed by atoms with van der Waals surface area (Å²) in [4.78, 5) is 13.2. The molecular formula is C23H21ClN6O2S. The fourth-order valence-electron chi connectivity index (χ4n) is 3.03. The summed E-state index contributed by atoms with van der Waals surface area (Å²) in [6, 6.07) is 18.4. The van der Waals surface area contributed by atoms with Crippen LogP contribution in [-0.2, 0) is 10.0 Å². The predicted octanol–water partition coefficient (Wildman–Crippen LogP) is 5.43. The van der Waals surface area contributed by atoms with Gasteiger partial charge in [0, 0.05) is 28.7 Å². The SMILES string of the molecule is Cc1ccnc(Nc2cc(Nc3ccc(NS(=O)(=O)c4ccc(Cl)cc4)cc3)nc(C)n2)c1. The Morgan fingerprint density at radius 1 is 0.758 bits per heavy atom. The molecule has 0 spiro atoms. The Labute approximate surface area is 197 Å². The summed E-state index contributed by atoms with van der Waals surface area (Å²) >= 11 is 5.83. The molecule has 33 heavy (non-hydrogen) atoms. The summed E-state index contributed by atoms with van der Waals surface area (Å²) in [5.41, 5.74) is 2.26. The van der Waals surface area contributed by atoms with Crippen LogP contribution in [0, 0.1) is 13.8 Å². The third kappa shape index (κ3) is 5.97. The van der Waals surface area contributed by atoms with Crippen molar-refractivity contribution in [3.63, 3.8) is 0 Å². The van der Waals surface area contributed by atoms with Crippen molar-refractivity contribution in [3.8, 4) is 0 Å². The number of anilines is 5. The number of aryl methyl sites for hydroxylation is 2. The highest BCUT2D eigenvalue weighted by Gasteiger charge is 2.14. The molecule has 0 saturated heterocycles. The zero-order valence-electron chi connectivity index (χ0n) is 17.9. The molecule has 0 atom stereocenters. The van der Waals surface area contributed by atoms with Gasteiger partial charge in [-0.05, 0) is 80.1 Å². The molecule has 0 saturated carbocycles. The van der Waals surface area contributed by atoms with Crippen LogP contribution < -0.4 is 15.4 Å². The van der Waals surface area contributed by atoms with Gasteiger partial charge in [0.1, 0.15) is 23.3 Å². The van der Waals surface area contributed by atoms with Gasteiger partial charge in [-0.15, -0.1) is 0 Å². The summed E-state index contributed by atoms with van der Waals surface area (Å²) in [5, 5.41) is 6.86. The van der Waals surface area contributed by atoms with E-state index in [9.17, 15) is 8.42 Å². The first-order valence-corrected chi connectivity index (χ1v) is 11.8. The number of sulfonamides is 1. The normalized spacial score (nSPS) is 11.1. The fourth-order valence-corrected chi connectivity index (χ4v) is 4.21. The second kappa shape index (κ2) is 9.43. The van der Waals surface area contributed by atoms with Gasteiger partial charge >= 0.3 is 0 Å². The van der Waals surface area contributed by atoms with Gasteiger partial charge in [-0.25, -0.2) is 23.4 Å². The number of aromatic nitrogens is 3. The molecule has 4 rings (SSSR count). The minimum Gasteiger partial charge on any atom is -0.340 e. The van der Waals surface area contributed by atoms with E-state index in [-0.39, 0.29) is 4.90 Å². The minimum atomic E-state index is -3.71. The molecule has 0 aliphatic heterocycles. The van der Waals surface area contributed by atoms with E-state index >= 15 is 0 Å². The minimum absolute atomic E-state index is 0.133. The Morgan fingerprint density at radius 3 is 2.06 bits per heavy atom. The molecule has 2 aromatic carbocycles. The quantitative estimate of drug-likeness (QED) is 0.323. The van der Waals surface area contributed by atoms with Gasteiger partial charge in [0.25, 0.3) is 10.0 Å². The van der Waals surface area contributed by atoms with Gasteiger partial charge in [-0.2, -0.15) is 0 Å². The maximum atomic E-state index is 12.5. The summed E-state index contributed by atoms with van der Waals surface area (Å²) < 4.78 is 27.6. The van der Waals surface area contributed by atoms with Crippen molar-refractivity contribution in [2.75, 3.05) is 15.4 Å². The van der Waals surface area contributed by atoms with E-state index in [0.717, 1.165) is 11.3 Å². The molecular weight excluding hydrogens is 460 g/mol. The molecule has 2 aromatic heterocycles. The number of rotatable bonds is 7. The first-order valence-electron chi connectivity index (χ1n) is 9.98. The maximum Gasteiger partial charge on any atom is 0.261 e. The zero-order chi connectivity index (χ0) is 23.4. The summed E-state index contributed by atoms with van der Waals surface area (Å²) in [5.74, 6) is 2.47. The lowest BCUT2D eigenvalue weighted by atomic mass is 10.3. The first-order chi connectivity index (χ1) is 15.8. The van der Waals surface area contributed by atoms with Gasteiger partial charge in [0.2, 0.25) is 0 Å². The first kappa shape index (κ1) is 22.5.